The Balaban J connectivity index is 2.05. The maximum absolute atomic E-state index is 11.9. The average Bonchev–Trinajstić information content (AvgIpc) is 2.93. The molecule has 0 unspecified atom stereocenters. The Morgan fingerprint density at radius 1 is 1.00 bits per heavy atom. The van der Waals surface area contributed by atoms with Crippen LogP contribution in [0.15, 0.2) is 59.3 Å². The predicted octanol–water partition coefficient (Wildman–Crippen LogP) is 2.04. The van der Waals surface area contributed by atoms with Crippen LogP contribution in [0.1, 0.15) is 0 Å². The molecule has 88 valence electrons. The van der Waals surface area contributed by atoms with Crippen molar-refractivity contribution in [1.82, 2.24) is 10.2 Å². The Bertz CT molecular complexity index is 651. The summed E-state index contributed by atoms with van der Waals surface area (Å²) in [6, 6.07) is 12.8. The summed E-state index contributed by atoms with van der Waals surface area (Å²) in [4.78, 5) is 0. The highest BCUT2D eigenvalue weighted by Gasteiger charge is 2.16. The number of rotatable bonds is 2. The molecule has 0 aliphatic carbocycles. The first-order valence-corrected chi connectivity index (χ1v) is 5.41. The molecule has 3 aromatic rings. The van der Waals surface area contributed by atoms with Gasteiger partial charge in [0.05, 0.1) is 11.4 Å². The normalized spacial score (nSPS) is 10.4. The minimum atomic E-state index is 0.152. The van der Waals surface area contributed by atoms with Crippen molar-refractivity contribution < 1.29 is 9.15 Å². The van der Waals surface area contributed by atoms with Crippen molar-refractivity contribution in [2.75, 3.05) is 0 Å². The summed E-state index contributed by atoms with van der Waals surface area (Å²) in [5.41, 5.74) is 1.38. The van der Waals surface area contributed by atoms with E-state index in [-0.39, 0.29) is 5.82 Å². The molecule has 5 nitrogen and oxygen atoms in total. The molecule has 0 radical (unpaired) electrons. The molecule has 0 spiro atoms. The number of hydrogen-bond donors (Lipinski definition) is 0. The molecule has 2 heterocycles. The molecule has 0 bridgehead atoms. The van der Waals surface area contributed by atoms with Gasteiger partial charge in [-0.2, -0.15) is 0 Å². The number of furan rings is 1. The average molecular weight is 239 g/mol. The van der Waals surface area contributed by atoms with E-state index in [0.29, 0.717) is 16.2 Å². The third-order valence-corrected chi connectivity index (χ3v) is 2.51. The van der Waals surface area contributed by atoms with Crippen molar-refractivity contribution in [3.63, 3.8) is 0 Å². The van der Waals surface area contributed by atoms with E-state index >= 15 is 0 Å². The zero-order chi connectivity index (χ0) is 12.4. The van der Waals surface area contributed by atoms with Gasteiger partial charge < -0.3 is 9.62 Å². The molecule has 18 heavy (non-hydrogen) atoms. The fourth-order valence-corrected chi connectivity index (χ4v) is 1.65. The van der Waals surface area contributed by atoms with Crippen LogP contribution in [0.4, 0.5) is 0 Å². The Hall–Kier alpha value is -2.69. The first-order chi connectivity index (χ1) is 8.84. The first-order valence-electron chi connectivity index (χ1n) is 5.41. The Morgan fingerprint density at radius 3 is 2.50 bits per heavy atom. The van der Waals surface area contributed by atoms with Crippen LogP contribution in [0.25, 0.3) is 22.8 Å². The van der Waals surface area contributed by atoms with Crippen molar-refractivity contribution in [1.29, 1.82) is 0 Å². The molecule has 0 saturated heterocycles. The third-order valence-electron chi connectivity index (χ3n) is 2.51. The van der Waals surface area contributed by atoms with Crippen LogP contribution in [0, 0.1) is 5.21 Å². The lowest BCUT2D eigenvalue weighted by molar-refractivity contribution is -0.597. The van der Waals surface area contributed by atoms with Gasteiger partial charge in [0.15, 0.2) is 5.69 Å². The molecule has 2 aromatic heterocycles. The van der Waals surface area contributed by atoms with Gasteiger partial charge in [-0.15, -0.1) is 0 Å². The van der Waals surface area contributed by atoms with Gasteiger partial charge in [0, 0.05) is 5.56 Å². The maximum Gasteiger partial charge on any atom is 0.396 e. The zero-order valence-electron chi connectivity index (χ0n) is 9.35. The van der Waals surface area contributed by atoms with E-state index in [0.717, 1.165) is 5.56 Å². The lowest BCUT2D eigenvalue weighted by Crippen LogP contribution is -2.31. The van der Waals surface area contributed by atoms with E-state index < -0.39 is 0 Å². The molecule has 0 saturated carbocycles. The fourth-order valence-electron chi connectivity index (χ4n) is 1.65. The maximum atomic E-state index is 11.9. The summed E-state index contributed by atoms with van der Waals surface area (Å²) in [6.45, 7) is 0. The summed E-state index contributed by atoms with van der Waals surface area (Å²) in [5.74, 6) is 0.553. The van der Waals surface area contributed by atoms with Crippen molar-refractivity contribution in [3.8, 4) is 22.8 Å². The van der Waals surface area contributed by atoms with E-state index in [9.17, 15) is 5.21 Å². The summed E-state index contributed by atoms with van der Waals surface area (Å²) in [5, 5.41) is 19.8. The summed E-state index contributed by atoms with van der Waals surface area (Å²) < 4.78 is 5.78. The number of hydrogen-bond acceptors (Lipinski definition) is 4. The second-order valence-corrected chi connectivity index (χ2v) is 3.71. The van der Waals surface area contributed by atoms with E-state index in [1.165, 1.54) is 12.5 Å². The van der Waals surface area contributed by atoms with Crippen LogP contribution in [-0.2, 0) is 0 Å². The molecule has 0 atom stereocenters. The Kier molecular flexibility index (Phi) is 2.49. The number of aromatic nitrogens is 3. The lowest BCUT2D eigenvalue weighted by atomic mass is 10.2. The lowest BCUT2D eigenvalue weighted by Gasteiger charge is -2.04. The third kappa shape index (κ3) is 1.82. The monoisotopic (exact) mass is 239 g/mol. The van der Waals surface area contributed by atoms with Gasteiger partial charge in [0.1, 0.15) is 6.20 Å². The smallest absolute Gasteiger partial charge is 0.396 e. The van der Waals surface area contributed by atoms with Crippen molar-refractivity contribution in [3.05, 3.63) is 60.1 Å². The quantitative estimate of drug-likeness (QED) is 0.507. The second-order valence-electron chi connectivity index (χ2n) is 3.71. The van der Waals surface area contributed by atoms with E-state index in [1.54, 1.807) is 12.1 Å². The molecular formula is C13H9N3O2. The van der Waals surface area contributed by atoms with Gasteiger partial charge in [0.25, 0.3) is 0 Å². The minimum absolute atomic E-state index is 0.152. The highest BCUT2D eigenvalue weighted by Crippen LogP contribution is 2.16. The number of nitrogens with zero attached hydrogens (tertiary/aromatic N) is 3. The Labute approximate surface area is 103 Å². The van der Waals surface area contributed by atoms with Crippen molar-refractivity contribution >= 4 is 0 Å². The summed E-state index contributed by atoms with van der Waals surface area (Å²) >= 11 is 0. The highest BCUT2D eigenvalue weighted by molar-refractivity contribution is 5.57. The van der Waals surface area contributed by atoms with Gasteiger partial charge in [-0.3, -0.25) is 0 Å². The van der Waals surface area contributed by atoms with Gasteiger partial charge in [-0.1, -0.05) is 30.3 Å². The fraction of sp³-hybridized carbons (Fsp3) is 0. The second kappa shape index (κ2) is 4.29. The van der Waals surface area contributed by atoms with Crippen LogP contribution < -0.4 is 4.73 Å². The van der Waals surface area contributed by atoms with Gasteiger partial charge in [0.2, 0.25) is 5.76 Å². The summed E-state index contributed by atoms with van der Waals surface area (Å²) in [7, 11) is 0. The Morgan fingerprint density at radius 2 is 1.83 bits per heavy atom. The molecule has 1 aromatic carbocycles. The molecule has 0 N–H and O–H groups in total. The van der Waals surface area contributed by atoms with E-state index in [4.69, 9.17) is 4.42 Å². The van der Waals surface area contributed by atoms with Crippen LogP contribution >= 0.6 is 0 Å². The topological polar surface area (TPSA) is 65.9 Å². The minimum Gasteiger partial charge on any atom is -0.710 e. The van der Waals surface area contributed by atoms with Gasteiger partial charge >= 0.3 is 5.82 Å². The summed E-state index contributed by atoms with van der Waals surface area (Å²) in [6.07, 6.45) is 2.88. The van der Waals surface area contributed by atoms with Crippen LogP contribution in [0.5, 0.6) is 0 Å². The standard InChI is InChI=1S/C13H9N3O2/c17-16-9-11(10-5-2-1-3-6-10)14-15-13(16)12-7-4-8-18-12/h1-9H. The molecule has 0 aliphatic rings. The zero-order valence-corrected chi connectivity index (χ0v) is 9.35. The van der Waals surface area contributed by atoms with Crippen LogP contribution in [0.2, 0.25) is 0 Å². The van der Waals surface area contributed by atoms with Crippen molar-refractivity contribution in [2.45, 2.75) is 0 Å². The molecule has 0 amide bonds. The van der Waals surface area contributed by atoms with Gasteiger partial charge in [-0.05, 0) is 17.2 Å². The highest BCUT2D eigenvalue weighted by atomic mass is 16.5. The SMILES string of the molecule is [O-][n+]1cc(-c2ccccc2)nnc1-c1ccco1. The van der Waals surface area contributed by atoms with E-state index in [2.05, 4.69) is 10.2 Å². The van der Waals surface area contributed by atoms with Crippen LogP contribution in [0.3, 0.4) is 0 Å². The molecule has 0 aliphatic heterocycles. The molecule has 5 heteroatoms. The molecule has 3 rings (SSSR count). The number of benzene rings is 1. The predicted molar refractivity (Wildman–Crippen MR) is 64.1 cm³/mol. The van der Waals surface area contributed by atoms with Crippen LogP contribution in [-0.4, -0.2) is 10.2 Å². The van der Waals surface area contributed by atoms with E-state index in [1.807, 2.05) is 30.3 Å². The molecule has 0 fully saturated rings. The van der Waals surface area contributed by atoms with Gasteiger partial charge in [-0.25, -0.2) is 4.73 Å². The first kappa shape index (κ1) is 10.5. The molecular weight excluding hydrogens is 230 g/mol. The van der Waals surface area contributed by atoms with Crippen molar-refractivity contribution in [2.24, 2.45) is 0 Å². The largest absolute Gasteiger partial charge is 0.710 e.